The Morgan fingerprint density at radius 2 is 2.05 bits per heavy atom. The Balaban J connectivity index is 1.73. The number of anilines is 1. The number of carbonyl (C=O) groups is 1. The predicted octanol–water partition coefficient (Wildman–Crippen LogP) is 3.82. The fourth-order valence-corrected chi connectivity index (χ4v) is 2.53. The normalized spacial score (nSPS) is 13.7. The Hall–Kier alpha value is -2.07. The number of aromatic nitrogens is 1. The van der Waals surface area contributed by atoms with E-state index in [1.807, 2.05) is 36.4 Å². The lowest BCUT2D eigenvalue weighted by Gasteiger charge is -2.27. The van der Waals surface area contributed by atoms with E-state index < -0.39 is 0 Å². The molecule has 0 radical (unpaired) electrons. The van der Waals surface area contributed by atoms with Crippen LogP contribution in [0.4, 0.5) is 10.6 Å². The highest BCUT2D eigenvalue weighted by atomic mass is 35.5. The standard InChI is InChI=1S/C16H15ClN2O2/c17-14-9-8-13-7-4-10-19(15(13)18-14)16(20)21-11-12-5-2-1-3-6-12/h1-3,5-6,8-9H,4,7,10-11H2. The average Bonchev–Trinajstić information content (AvgIpc) is 2.53. The molecular formula is C16H15ClN2O2. The van der Waals surface area contributed by atoms with Crippen LogP contribution in [-0.2, 0) is 17.8 Å². The van der Waals surface area contributed by atoms with Gasteiger partial charge in [-0.15, -0.1) is 0 Å². The second kappa shape index (κ2) is 6.14. The molecule has 21 heavy (non-hydrogen) atoms. The van der Waals surface area contributed by atoms with Crippen molar-refractivity contribution >= 4 is 23.5 Å². The Morgan fingerprint density at radius 3 is 2.86 bits per heavy atom. The SMILES string of the molecule is O=C(OCc1ccccc1)N1CCCc2ccc(Cl)nc21. The number of amides is 1. The zero-order valence-electron chi connectivity index (χ0n) is 11.5. The van der Waals surface area contributed by atoms with Crippen molar-refractivity contribution in [1.29, 1.82) is 0 Å². The van der Waals surface area contributed by atoms with E-state index in [1.165, 1.54) is 0 Å². The monoisotopic (exact) mass is 302 g/mol. The second-order valence-electron chi connectivity index (χ2n) is 4.91. The van der Waals surface area contributed by atoms with Crippen molar-refractivity contribution in [3.05, 3.63) is 58.7 Å². The largest absolute Gasteiger partial charge is 0.444 e. The Bertz CT molecular complexity index is 646. The molecule has 0 spiro atoms. The molecule has 3 rings (SSSR count). The highest BCUT2D eigenvalue weighted by Gasteiger charge is 2.25. The summed E-state index contributed by atoms with van der Waals surface area (Å²) in [5.41, 5.74) is 1.99. The number of pyridine rings is 1. The molecule has 0 atom stereocenters. The van der Waals surface area contributed by atoms with Crippen LogP contribution in [-0.4, -0.2) is 17.6 Å². The van der Waals surface area contributed by atoms with Crippen LogP contribution < -0.4 is 4.90 Å². The molecule has 1 amide bonds. The van der Waals surface area contributed by atoms with Crippen LogP contribution in [0.5, 0.6) is 0 Å². The van der Waals surface area contributed by atoms with Crippen molar-refractivity contribution in [1.82, 2.24) is 4.98 Å². The van der Waals surface area contributed by atoms with Crippen LogP contribution in [0.3, 0.4) is 0 Å². The maximum atomic E-state index is 12.3. The van der Waals surface area contributed by atoms with Crippen molar-refractivity contribution in [2.45, 2.75) is 19.4 Å². The van der Waals surface area contributed by atoms with E-state index in [4.69, 9.17) is 16.3 Å². The summed E-state index contributed by atoms with van der Waals surface area (Å²) in [4.78, 5) is 18.1. The summed E-state index contributed by atoms with van der Waals surface area (Å²) in [5.74, 6) is 0.617. The van der Waals surface area contributed by atoms with Gasteiger partial charge in [0.2, 0.25) is 0 Å². The van der Waals surface area contributed by atoms with E-state index in [1.54, 1.807) is 11.0 Å². The molecule has 108 valence electrons. The number of hydrogen-bond acceptors (Lipinski definition) is 3. The molecule has 2 heterocycles. The molecule has 1 aliphatic heterocycles. The number of fused-ring (bicyclic) bond motifs is 1. The number of aryl methyl sites for hydroxylation is 1. The van der Waals surface area contributed by atoms with Crippen LogP contribution in [0.1, 0.15) is 17.5 Å². The highest BCUT2D eigenvalue weighted by Crippen LogP contribution is 2.27. The molecule has 2 aromatic rings. The number of ether oxygens (including phenoxy) is 1. The fourth-order valence-electron chi connectivity index (χ4n) is 2.39. The molecule has 5 heteroatoms. The van der Waals surface area contributed by atoms with E-state index in [0.29, 0.717) is 17.5 Å². The third-order valence-corrected chi connectivity index (χ3v) is 3.64. The molecule has 0 N–H and O–H groups in total. The third-order valence-electron chi connectivity index (χ3n) is 3.43. The lowest BCUT2D eigenvalue weighted by Crippen LogP contribution is -2.36. The van der Waals surface area contributed by atoms with Gasteiger partial charge < -0.3 is 4.74 Å². The minimum Gasteiger partial charge on any atom is -0.444 e. The Kier molecular flexibility index (Phi) is 4.06. The first-order chi connectivity index (χ1) is 10.2. The summed E-state index contributed by atoms with van der Waals surface area (Å²) >= 11 is 5.93. The first kappa shape index (κ1) is 13.9. The molecule has 0 unspecified atom stereocenters. The maximum absolute atomic E-state index is 12.3. The summed E-state index contributed by atoms with van der Waals surface area (Å²) in [7, 11) is 0. The summed E-state index contributed by atoms with van der Waals surface area (Å²) in [5, 5.41) is 0.386. The van der Waals surface area contributed by atoms with Gasteiger partial charge >= 0.3 is 6.09 Å². The summed E-state index contributed by atoms with van der Waals surface area (Å²) in [6.45, 7) is 0.861. The quantitative estimate of drug-likeness (QED) is 0.792. The van der Waals surface area contributed by atoms with E-state index in [9.17, 15) is 4.79 Å². The Labute approximate surface area is 128 Å². The van der Waals surface area contributed by atoms with Gasteiger partial charge in [0.25, 0.3) is 0 Å². The van der Waals surface area contributed by atoms with Gasteiger partial charge in [-0.1, -0.05) is 48.0 Å². The van der Waals surface area contributed by atoms with Crippen LogP contribution in [0.25, 0.3) is 0 Å². The van der Waals surface area contributed by atoms with Gasteiger partial charge in [0.15, 0.2) is 0 Å². The van der Waals surface area contributed by atoms with Gasteiger partial charge in [-0.3, -0.25) is 4.90 Å². The van der Waals surface area contributed by atoms with E-state index >= 15 is 0 Å². The van der Waals surface area contributed by atoms with Gasteiger partial charge in [0.1, 0.15) is 17.6 Å². The third kappa shape index (κ3) is 3.16. The molecule has 0 fully saturated rings. The zero-order valence-corrected chi connectivity index (χ0v) is 12.2. The van der Waals surface area contributed by atoms with Crippen LogP contribution in [0, 0.1) is 0 Å². The minimum absolute atomic E-state index is 0.256. The highest BCUT2D eigenvalue weighted by molar-refractivity contribution is 6.29. The average molecular weight is 303 g/mol. The first-order valence-electron chi connectivity index (χ1n) is 6.88. The lowest BCUT2D eigenvalue weighted by atomic mass is 10.1. The number of benzene rings is 1. The molecule has 1 aliphatic rings. The summed E-state index contributed by atoms with van der Waals surface area (Å²) in [6, 6.07) is 13.3. The molecule has 1 aromatic heterocycles. The van der Waals surface area contributed by atoms with Gasteiger partial charge in [0, 0.05) is 6.54 Å². The first-order valence-corrected chi connectivity index (χ1v) is 7.25. The van der Waals surface area contributed by atoms with E-state index in [2.05, 4.69) is 4.98 Å². The van der Waals surface area contributed by atoms with Crippen LogP contribution >= 0.6 is 11.6 Å². The smallest absolute Gasteiger partial charge is 0.415 e. The second-order valence-corrected chi connectivity index (χ2v) is 5.30. The van der Waals surface area contributed by atoms with Gasteiger partial charge in [0.05, 0.1) is 0 Å². The van der Waals surface area contributed by atoms with Crippen LogP contribution in [0.2, 0.25) is 5.15 Å². The van der Waals surface area contributed by atoms with E-state index in [0.717, 1.165) is 24.0 Å². The molecule has 1 aromatic carbocycles. The maximum Gasteiger partial charge on any atom is 0.415 e. The minimum atomic E-state index is -0.380. The lowest BCUT2D eigenvalue weighted by molar-refractivity contribution is 0.146. The summed E-state index contributed by atoms with van der Waals surface area (Å²) < 4.78 is 5.37. The van der Waals surface area contributed by atoms with Crippen molar-refractivity contribution in [2.24, 2.45) is 0 Å². The van der Waals surface area contributed by atoms with Crippen molar-refractivity contribution < 1.29 is 9.53 Å². The van der Waals surface area contributed by atoms with E-state index in [-0.39, 0.29) is 12.7 Å². The fraction of sp³-hybridized carbons (Fsp3) is 0.250. The van der Waals surface area contributed by atoms with Crippen LogP contribution in [0.15, 0.2) is 42.5 Å². The van der Waals surface area contributed by atoms with Crippen molar-refractivity contribution in [3.63, 3.8) is 0 Å². The Morgan fingerprint density at radius 1 is 1.24 bits per heavy atom. The summed E-state index contributed by atoms with van der Waals surface area (Å²) in [6.07, 6.45) is 1.42. The molecule has 4 nitrogen and oxygen atoms in total. The number of halogens is 1. The van der Waals surface area contributed by atoms with Gasteiger partial charge in [-0.25, -0.2) is 9.78 Å². The number of carbonyl (C=O) groups excluding carboxylic acids is 1. The van der Waals surface area contributed by atoms with Gasteiger partial charge in [-0.2, -0.15) is 0 Å². The molecule has 0 aliphatic carbocycles. The number of hydrogen-bond donors (Lipinski definition) is 0. The van der Waals surface area contributed by atoms with Crippen molar-refractivity contribution in [3.8, 4) is 0 Å². The van der Waals surface area contributed by atoms with Gasteiger partial charge in [-0.05, 0) is 30.0 Å². The number of nitrogens with zero attached hydrogens (tertiary/aromatic N) is 2. The molecule has 0 saturated heterocycles. The number of rotatable bonds is 2. The molecule has 0 saturated carbocycles. The zero-order chi connectivity index (χ0) is 14.7. The predicted molar refractivity (Wildman–Crippen MR) is 81.5 cm³/mol. The molecule has 0 bridgehead atoms. The topological polar surface area (TPSA) is 42.4 Å². The molecular weight excluding hydrogens is 288 g/mol. The van der Waals surface area contributed by atoms with Crippen molar-refractivity contribution in [2.75, 3.05) is 11.4 Å².